The highest BCUT2D eigenvalue weighted by Gasteiger charge is 2.61. The summed E-state index contributed by atoms with van der Waals surface area (Å²) in [6, 6.07) is 6.56. The molecule has 0 saturated heterocycles. The van der Waals surface area contributed by atoms with Gasteiger partial charge in [-0.15, -0.1) is 0 Å². The Labute approximate surface area is 134 Å². The summed E-state index contributed by atoms with van der Waals surface area (Å²) < 4.78 is 5.18. The molecule has 0 radical (unpaired) electrons. The Balaban J connectivity index is 2.14. The van der Waals surface area contributed by atoms with E-state index in [-0.39, 0.29) is 5.92 Å². The second kappa shape index (κ2) is 5.57. The van der Waals surface area contributed by atoms with Crippen molar-refractivity contribution < 1.29 is 19.1 Å². The highest BCUT2D eigenvalue weighted by Crippen LogP contribution is 2.51. The summed E-state index contributed by atoms with van der Waals surface area (Å²) in [7, 11) is 0. The largest absolute Gasteiger partial charge is 0.444 e. The lowest BCUT2D eigenvalue weighted by atomic mass is 10.0. The van der Waals surface area contributed by atoms with Gasteiger partial charge in [0.05, 0.1) is 0 Å². The van der Waals surface area contributed by atoms with Crippen LogP contribution in [-0.4, -0.2) is 29.0 Å². The zero-order valence-corrected chi connectivity index (χ0v) is 13.4. The number of benzene rings is 1. The first-order valence-electron chi connectivity index (χ1n) is 7.26. The van der Waals surface area contributed by atoms with Crippen molar-refractivity contribution in [1.29, 1.82) is 0 Å². The van der Waals surface area contributed by atoms with Crippen LogP contribution in [-0.2, 0) is 9.53 Å². The van der Waals surface area contributed by atoms with E-state index < -0.39 is 29.0 Å². The SMILES string of the molecule is CC(C)(C)OC(=O)NC1(C(N)=O)C[C@H]1c1ccc(C(N)=O)cc1. The van der Waals surface area contributed by atoms with Crippen LogP contribution in [0.2, 0.25) is 0 Å². The summed E-state index contributed by atoms with van der Waals surface area (Å²) in [5.41, 5.74) is 10.0. The maximum atomic E-state index is 11.9. The number of rotatable bonds is 4. The molecule has 124 valence electrons. The minimum atomic E-state index is -1.16. The van der Waals surface area contributed by atoms with Gasteiger partial charge in [-0.2, -0.15) is 0 Å². The van der Waals surface area contributed by atoms with E-state index in [0.29, 0.717) is 12.0 Å². The molecular weight excluding hydrogens is 298 g/mol. The third kappa shape index (κ3) is 3.61. The van der Waals surface area contributed by atoms with Crippen LogP contribution in [0.25, 0.3) is 0 Å². The summed E-state index contributed by atoms with van der Waals surface area (Å²) in [6.45, 7) is 5.20. The van der Waals surface area contributed by atoms with E-state index in [1.165, 1.54) is 0 Å². The first-order valence-corrected chi connectivity index (χ1v) is 7.26. The van der Waals surface area contributed by atoms with Crippen molar-refractivity contribution in [2.24, 2.45) is 11.5 Å². The molecule has 1 aromatic rings. The van der Waals surface area contributed by atoms with E-state index in [0.717, 1.165) is 5.56 Å². The summed E-state index contributed by atoms with van der Waals surface area (Å²) >= 11 is 0. The van der Waals surface area contributed by atoms with Crippen LogP contribution in [0, 0.1) is 0 Å². The van der Waals surface area contributed by atoms with Crippen molar-refractivity contribution in [2.75, 3.05) is 0 Å². The van der Waals surface area contributed by atoms with Gasteiger partial charge < -0.3 is 21.5 Å². The molecule has 0 bridgehead atoms. The molecule has 7 nitrogen and oxygen atoms in total. The van der Waals surface area contributed by atoms with Gasteiger partial charge in [0.25, 0.3) is 0 Å². The lowest BCUT2D eigenvalue weighted by molar-refractivity contribution is -0.121. The molecule has 0 aromatic heterocycles. The van der Waals surface area contributed by atoms with Crippen LogP contribution >= 0.6 is 0 Å². The van der Waals surface area contributed by atoms with Crippen LogP contribution in [0.4, 0.5) is 4.79 Å². The number of hydrogen-bond acceptors (Lipinski definition) is 4. The highest BCUT2D eigenvalue weighted by atomic mass is 16.6. The molecule has 1 aliphatic rings. The van der Waals surface area contributed by atoms with E-state index in [4.69, 9.17) is 16.2 Å². The Morgan fingerprint density at radius 2 is 1.74 bits per heavy atom. The Hall–Kier alpha value is -2.57. The van der Waals surface area contributed by atoms with Gasteiger partial charge in [0.2, 0.25) is 11.8 Å². The number of carbonyl (C=O) groups is 3. The number of primary amides is 2. The van der Waals surface area contributed by atoms with Gasteiger partial charge in [0.15, 0.2) is 0 Å². The molecule has 7 heteroatoms. The Kier molecular flexibility index (Phi) is 4.07. The lowest BCUT2D eigenvalue weighted by Crippen LogP contribution is -2.49. The lowest BCUT2D eigenvalue weighted by Gasteiger charge is -2.23. The quantitative estimate of drug-likeness (QED) is 0.766. The number of alkyl carbamates (subject to hydrolysis) is 1. The molecular formula is C16H21N3O4. The molecule has 0 aliphatic heterocycles. The van der Waals surface area contributed by atoms with Crippen LogP contribution < -0.4 is 16.8 Å². The zero-order valence-electron chi connectivity index (χ0n) is 13.4. The fraction of sp³-hybridized carbons (Fsp3) is 0.438. The summed E-state index contributed by atoms with van der Waals surface area (Å²) in [6.07, 6.45) is -0.301. The third-order valence-electron chi connectivity index (χ3n) is 3.72. The molecule has 1 fully saturated rings. The van der Waals surface area contributed by atoms with Gasteiger partial charge in [-0.1, -0.05) is 12.1 Å². The van der Waals surface area contributed by atoms with Gasteiger partial charge in [0.1, 0.15) is 11.1 Å². The first kappa shape index (κ1) is 16.8. The molecule has 23 heavy (non-hydrogen) atoms. The molecule has 2 rings (SSSR count). The highest BCUT2D eigenvalue weighted by molar-refractivity contribution is 5.94. The number of ether oxygens (including phenoxy) is 1. The molecule has 3 amide bonds. The smallest absolute Gasteiger partial charge is 0.408 e. The van der Waals surface area contributed by atoms with Crippen LogP contribution in [0.5, 0.6) is 0 Å². The van der Waals surface area contributed by atoms with E-state index >= 15 is 0 Å². The summed E-state index contributed by atoms with van der Waals surface area (Å²) in [5, 5.41) is 2.58. The number of amides is 3. The van der Waals surface area contributed by atoms with Gasteiger partial charge in [0, 0.05) is 11.5 Å². The van der Waals surface area contributed by atoms with Gasteiger partial charge >= 0.3 is 6.09 Å². The number of carbonyl (C=O) groups excluding carboxylic acids is 3. The molecule has 0 spiro atoms. The van der Waals surface area contributed by atoms with Crippen molar-refractivity contribution >= 4 is 17.9 Å². The van der Waals surface area contributed by atoms with Crippen LogP contribution in [0.1, 0.15) is 49.0 Å². The van der Waals surface area contributed by atoms with E-state index in [1.54, 1.807) is 45.0 Å². The molecule has 2 atom stereocenters. The first-order chi connectivity index (χ1) is 10.5. The summed E-state index contributed by atoms with van der Waals surface area (Å²) in [4.78, 5) is 34.8. The van der Waals surface area contributed by atoms with Crippen molar-refractivity contribution in [1.82, 2.24) is 5.32 Å². The van der Waals surface area contributed by atoms with Gasteiger partial charge in [-0.05, 0) is 44.9 Å². The van der Waals surface area contributed by atoms with Gasteiger partial charge in [-0.25, -0.2) is 4.79 Å². The zero-order chi connectivity index (χ0) is 17.4. The molecule has 1 saturated carbocycles. The normalized spacial score (nSPS) is 23.0. The van der Waals surface area contributed by atoms with Crippen LogP contribution in [0.15, 0.2) is 24.3 Å². The molecule has 5 N–H and O–H groups in total. The number of nitrogens with one attached hydrogen (secondary N) is 1. The maximum absolute atomic E-state index is 11.9. The predicted molar refractivity (Wildman–Crippen MR) is 83.6 cm³/mol. The van der Waals surface area contributed by atoms with Crippen molar-refractivity contribution in [3.05, 3.63) is 35.4 Å². The minimum absolute atomic E-state index is 0.255. The van der Waals surface area contributed by atoms with E-state index in [2.05, 4.69) is 5.32 Å². The Morgan fingerprint density at radius 1 is 1.17 bits per heavy atom. The van der Waals surface area contributed by atoms with Gasteiger partial charge in [-0.3, -0.25) is 9.59 Å². The second-order valence-corrected chi connectivity index (χ2v) is 6.71. The topological polar surface area (TPSA) is 125 Å². The summed E-state index contributed by atoms with van der Waals surface area (Å²) in [5.74, 6) is -1.40. The standard InChI is InChI=1S/C16H21N3O4/c1-15(2,3)23-14(22)19-16(13(18)21)8-11(16)9-4-6-10(7-5-9)12(17)20/h4-7,11H,8H2,1-3H3,(H2,17,20)(H2,18,21)(H,19,22)/t11-,16?/m0/s1. The number of hydrogen-bond donors (Lipinski definition) is 3. The van der Waals surface area contributed by atoms with Crippen LogP contribution in [0.3, 0.4) is 0 Å². The fourth-order valence-corrected chi connectivity index (χ4v) is 2.50. The van der Waals surface area contributed by atoms with Crippen molar-refractivity contribution in [3.63, 3.8) is 0 Å². The minimum Gasteiger partial charge on any atom is -0.444 e. The number of nitrogens with two attached hydrogens (primary N) is 2. The second-order valence-electron chi connectivity index (χ2n) is 6.71. The maximum Gasteiger partial charge on any atom is 0.408 e. The molecule has 0 heterocycles. The van der Waals surface area contributed by atoms with E-state index in [1.807, 2.05) is 0 Å². The predicted octanol–water partition coefficient (Wildman–Crippen LogP) is 1.02. The molecule has 1 aromatic carbocycles. The monoisotopic (exact) mass is 319 g/mol. The average Bonchev–Trinajstić information content (AvgIpc) is 3.12. The Bertz CT molecular complexity index is 648. The third-order valence-corrected chi connectivity index (χ3v) is 3.72. The molecule has 1 aliphatic carbocycles. The van der Waals surface area contributed by atoms with E-state index in [9.17, 15) is 14.4 Å². The molecule has 1 unspecified atom stereocenters. The fourth-order valence-electron chi connectivity index (χ4n) is 2.50. The van der Waals surface area contributed by atoms with Crippen molar-refractivity contribution in [2.45, 2.75) is 44.2 Å². The van der Waals surface area contributed by atoms with Crippen molar-refractivity contribution in [3.8, 4) is 0 Å². The average molecular weight is 319 g/mol. The Morgan fingerprint density at radius 3 is 2.17 bits per heavy atom.